The number of aromatic nitrogens is 2. The van der Waals surface area contributed by atoms with Crippen molar-refractivity contribution >= 4 is 46.0 Å². The minimum Gasteiger partial charge on any atom is -0.410 e. The molecule has 0 atom stereocenters. The van der Waals surface area contributed by atoms with Crippen LogP contribution in [0.1, 0.15) is 0 Å². The average Bonchev–Trinajstić information content (AvgIpc) is 2.45. The predicted octanol–water partition coefficient (Wildman–Crippen LogP) is 4.55. The Bertz CT molecular complexity index is 835. The van der Waals surface area contributed by atoms with Gasteiger partial charge in [0.05, 0.1) is 0 Å². The normalized spacial score (nSPS) is 10.5. The molecule has 5 nitrogen and oxygen atoms in total. The molecule has 22 heavy (non-hydrogen) atoms. The standard InChI is InChI=1S/C15H9Cl2N3O2/c16-12-8-13(17)19-14(18-12)20-15(21)22-11-6-5-9-3-1-2-4-10(9)7-11/h1-8H,(H,18,19,20,21). The molecule has 0 spiro atoms. The highest BCUT2D eigenvalue weighted by Crippen LogP contribution is 2.21. The molecular weight excluding hydrogens is 325 g/mol. The van der Waals surface area contributed by atoms with Crippen molar-refractivity contribution < 1.29 is 9.53 Å². The summed E-state index contributed by atoms with van der Waals surface area (Å²) in [5, 5.41) is 4.64. The van der Waals surface area contributed by atoms with Crippen molar-refractivity contribution in [1.82, 2.24) is 9.97 Å². The molecule has 0 bridgehead atoms. The molecular formula is C15H9Cl2N3O2. The maximum absolute atomic E-state index is 11.8. The first-order valence-electron chi connectivity index (χ1n) is 6.28. The van der Waals surface area contributed by atoms with Crippen LogP contribution in [-0.2, 0) is 0 Å². The summed E-state index contributed by atoms with van der Waals surface area (Å²) in [6, 6.07) is 14.5. The zero-order chi connectivity index (χ0) is 15.5. The quantitative estimate of drug-likeness (QED) is 0.699. The summed E-state index contributed by atoms with van der Waals surface area (Å²) >= 11 is 11.5. The van der Waals surface area contributed by atoms with Crippen LogP contribution < -0.4 is 10.1 Å². The van der Waals surface area contributed by atoms with Gasteiger partial charge < -0.3 is 4.74 Å². The number of ether oxygens (including phenoxy) is 1. The van der Waals surface area contributed by atoms with E-state index in [1.807, 2.05) is 30.3 Å². The highest BCUT2D eigenvalue weighted by Gasteiger charge is 2.09. The van der Waals surface area contributed by atoms with Gasteiger partial charge in [-0.2, -0.15) is 0 Å². The molecule has 0 aliphatic rings. The predicted molar refractivity (Wildman–Crippen MR) is 85.6 cm³/mol. The second-order valence-electron chi connectivity index (χ2n) is 4.36. The van der Waals surface area contributed by atoms with Crippen LogP contribution in [0.25, 0.3) is 10.8 Å². The third-order valence-corrected chi connectivity index (χ3v) is 3.20. The zero-order valence-electron chi connectivity index (χ0n) is 11.1. The average molecular weight is 334 g/mol. The lowest BCUT2D eigenvalue weighted by Gasteiger charge is -2.07. The molecule has 1 amide bonds. The molecule has 3 aromatic rings. The largest absolute Gasteiger partial charge is 0.419 e. The van der Waals surface area contributed by atoms with Crippen molar-refractivity contribution in [3.63, 3.8) is 0 Å². The number of nitrogens with one attached hydrogen (secondary N) is 1. The number of fused-ring (bicyclic) bond motifs is 1. The molecule has 3 rings (SSSR count). The fraction of sp³-hybridized carbons (Fsp3) is 0. The van der Waals surface area contributed by atoms with E-state index in [2.05, 4.69) is 15.3 Å². The topological polar surface area (TPSA) is 64.1 Å². The number of carbonyl (C=O) groups excluding carboxylic acids is 1. The molecule has 0 fully saturated rings. The SMILES string of the molecule is O=C(Nc1nc(Cl)cc(Cl)n1)Oc1ccc2ccccc2c1. The third kappa shape index (κ3) is 3.44. The van der Waals surface area contributed by atoms with Crippen molar-refractivity contribution in [3.8, 4) is 5.75 Å². The Balaban J connectivity index is 1.75. The van der Waals surface area contributed by atoms with Crippen molar-refractivity contribution in [2.75, 3.05) is 5.32 Å². The van der Waals surface area contributed by atoms with Crippen LogP contribution >= 0.6 is 23.2 Å². The molecule has 0 aliphatic carbocycles. The zero-order valence-corrected chi connectivity index (χ0v) is 12.6. The number of nitrogens with zero attached hydrogens (tertiary/aromatic N) is 2. The monoisotopic (exact) mass is 333 g/mol. The van der Waals surface area contributed by atoms with E-state index < -0.39 is 6.09 Å². The first-order chi connectivity index (χ1) is 10.6. The molecule has 0 saturated carbocycles. The van der Waals surface area contributed by atoms with Crippen LogP contribution in [0.5, 0.6) is 5.75 Å². The second-order valence-corrected chi connectivity index (χ2v) is 5.13. The fourth-order valence-electron chi connectivity index (χ4n) is 1.90. The summed E-state index contributed by atoms with van der Waals surface area (Å²) in [6.45, 7) is 0. The summed E-state index contributed by atoms with van der Waals surface area (Å²) < 4.78 is 5.19. The fourth-order valence-corrected chi connectivity index (χ4v) is 2.32. The van der Waals surface area contributed by atoms with Gasteiger partial charge in [0.15, 0.2) is 0 Å². The number of rotatable bonds is 2. The van der Waals surface area contributed by atoms with Crippen LogP contribution in [0.2, 0.25) is 10.3 Å². The van der Waals surface area contributed by atoms with Crippen LogP contribution in [0, 0.1) is 0 Å². The van der Waals surface area contributed by atoms with Gasteiger partial charge in [-0.3, -0.25) is 5.32 Å². The summed E-state index contributed by atoms with van der Waals surface area (Å²) in [4.78, 5) is 19.5. The molecule has 0 aliphatic heterocycles. The number of halogens is 2. The number of benzene rings is 2. The van der Waals surface area contributed by atoms with E-state index in [1.54, 1.807) is 12.1 Å². The molecule has 1 heterocycles. The van der Waals surface area contributed by atoms with E-state index in [9.17, 15) is 4.79 Å². The minimum atomic E-state index is -0.728. The number of carbonyl (C=O) groups is 1. The third-order valence-electron chi connectivity index (χ3n) is 2.81. The van der Waals surface area contributed by atoms with E-state index in [1.165, 1.54) is 6.07 Å². The van der Waals surface area contributed by atoms with Crippen LogP contribution in [-0.4, -0.2) is 16.1 Å². The van der Waals surface area contributed by atoms with Crippen molar-refractivity contribution in [2.24, 2.45) is 0 Å². The van der Waals surface area contributed by atoms with Crippen LogP contribution in [0.3, 0.4) is 0 Å². The lowest BCUT2D eigenvalue weighted by molar-refractivity contribution is 0.215. The van der Waals surface area contributed by atoms with Crippen LogP contribution in [0.4, 0.5) is 10.7 Å². The van der Waals surface area contributed by atoms with Gasteiger partial charge in [0.1, 0.15) is 16.1 Å². The summed E-state index contributed by atoms with van der Waals surface area (Å²) in [6.07, 6.45) is -0.728. The number of anilines is 1. The van der Waals surface area contributed by atoms with Gasteiger partial charge in [-0.25, -0.2) is 14.8 Å². The van der Waals surface area contributed by atoms with Crippen molar-refractivity contribution in [3.05, 3.63) is 58.8 Å². The molecule has 1 aromatic heterocycles. The number of amides is 1. The Morgan fingerprint density at radius 1 is 0.955 bits per heavy atom. The van der Waals surface area contributed by atoms with E-state index in [0.717, 1.165) is 10.8 Å². The summed E-state index contributed by atoms with van der Waals surface area (Å²) in [5.74, 6) is 0.382. The van der Waals surface area contributed by atoms with Gasteiger partial charge in [-0.1, -0.05) is 53.5 Å². The molecule has 7 heteroatoms. The van der Waals surface area contributed by atoms with E-state index in [4.69, 9.17) is 27.9 Å². The van der Waals surface area contributed by atoms with Crippen LogP contribution in [0.15, 0.2) is 48.5 Å². The van der Waals surface area contributed by atoms with E-state index in [0.29, 0.717) is 5.75 Å². The molecule has 1 N–H and O–H groups in total. The molecule has 110 valence electrons. The first kappa shape index (κ1) is 14.6. The van der Waals surface area contributed by atoms with Gasteiger partial charge in [0.2, 0.25) is 5.95 Å². The highest BCUT2D eigenvalue weighted by molar-refractivity contribution is 6.33. The Morgan fingerprint density at radius 3 is 2.36 bits per heavy atom. The van der Waals surface area contributed by atoms with E-state index in [-0.39, 0.29) is 16.3 Å². The molecule has 0 saturated heterocycles. The van der Waals surface area contributed by atoms with Gasteiger partial charge >= 0.3 is 6.09 Å². The number of hydrogen-bond donors (Lipinski definition) is 1. The smallest absolute Gasteiger partial charge is 0.410 e. The Hall–Kier alpha value is -2.37. The van der Waals surface area contributed by atoms with Gasteiger partial charge in [-0.05, 0) is 22.9 Å². The van der Waals surface area contributed by atoms with Gasteiger partial charge in [0, 0.05) is 6.07 Å². The minimum absolute atomic E-state index is 0.0247. The maximum atomic E-state index is 11.8. The number of hydrogen-bond acceptors (Lipinski definition) is 4. The van der Waals surface area contributed by atoms with E-state index >= 15 is 0 Å². The first-order valence-corrected chi connectivity index (χ1v) is 7.03. The molecule has 0 radical (unpaired) electrons. The Labute approximate surface area is 135 Å². The van der Waals surface area contributed by atoms with Crippen molar-refractivity contribution in [1.29, 1.82) is 0 Å². The summed E-state index contributed by atoms with van der Waals surface area (Å²) in [5.41, 5.74) is 0. The maximum Gasteiger partial charge on any atom is 0.419 e. The second kappa shape index (κ2) is 6.17. The Morgan fingerprint density at radius 2 is 1.64 bits per heavy atom. The lowest BCUT2D eigenvalue weighted by Crippen LogP contribution is -2.18. The molecule has 2 aromatic carbocycles. The van der Waals surface area contributed by atoms with Gasteiger partial charge in [0.25, 0.3) is 0 Å². The lowest BCUT2D eigenvalue weighted by atomic mass is 10.1. The Kier molecular flexibility index (Phi) is 4.09. The molecule has 0 unspecified atom stereocenters. The van der Waals surface area contributed by atoms with Crippen molar-refractivity contribution in [2.45, 2.75) is 0 Å². The van der Waals surface area contributed by atoms with Gasteiger partial charge in [-0.15, -0.1) is 0 Å². The summed E-state index contributed by atoms with van der Waals surface area (Å²) in [7, 11) is 0. The highest BCUT2D eigenvalue weighted by atomic mass is 35.5.